The highest BCUT2D eigenvalue weighted by atomic mass is 127. The molecule has 10 heteroatoms. The molecule has 1 saturated heterocycles. The predicted octanol–water partition coefficient (Wildman–Crippen LogP) is 1.18. The van der Waals surface area contributed by atoms with Crippen LogP contribution in [-0.2, 0) is 16.1 Å². The van der Waals surface area contributed by atoms with Crippen molar-refractivity contribution in [3.8, 4) is 0 Å². The van der Waals surface area contributed by atoms with Gasteiger partial charge in [0, 0.05) is 72.6 Å². The second-order valence-electron chi connectivity index (χ2n) is 7.10. The van der Waals surface area contributed by atoms with Crippen LogP contribution in [0.1, 0.15) is 24.8 Å². The van der Waals surface area contributed by atoms with Gasteiger partial charge in [0.05, 0.1) is 5.69 Å². The van der Waals surface area contributed by atoms with Crippen LogP contribution in [0.2, 0.25) is 0 Å². The molecule has 1 N–H and O–H groups in total. The molecule has 166 valence electrons. The number of ether oxygens (including phenoxy) is 1. The van der Waals surface area contributed by atoms with Crippen molar-refractivity contribution in [1.29, 1.82) is 0 Å². The number of amides is 1. The van der Waals surface area contributed by atoms with Crippen molar-refractivity contribution in [3.05, 3.63) is 17.5 Å². The van der Waals surface area contributed by atoms with Crippen LogP contribution in [0.25, 0.3) is 0 Å². The number of hydrogen-bond acceptors (Lipinski definition) is 6. The molecule has 2 heterocycles. The van der Waals surface area contributed by atoms with Gasteiger partial charge in [-0.05, 0) is 20.3 Å². The smallest absolute Gasteiger partial charge is 0.243 e. The SMILES string of the molecule is CCOCCCNC(=NCC(=O)N(C)C)N1CCN(Cc2cc(C)on2)CC1.I. The third-order valence-electron chi connectivity index (χ3n) is 4.55. The van der Waals surface area contributed by atoms with Crippen molar-refractivity contribution in [3.63, 3.8) is 0 Å². The van der Waals surface area contributed by atoms with Gasteiger partial charge in [-0.1, -0.05) is 5.16 Å². The summed E-state index contributed by atoms with van der Waals surface area (Å²) >= 11 is 0. The molecule has 1 aliphatic rings. The van der Waals surface area contributed by atoms with E-state index in [0.717, 1.165) is 76.3 Å². The highest BCUT2D eigenvalue weighted by Gasteiger charge is 2.21. The molecule has 0 unspecified atom stereocenters. The molecule has 1 aromatic heterocycles. The van der Waals surface area contributed by atoms with Crippen LogP contribution in [0.4, 0.5) is 0 Å². The van der Waals surface area contributed by atoms with Gasteiger partial charge < -0.3 is 24.4 Å². The molecule has 0 aromatic carbocycles. The number of carbonyl (C=O) groups excluding carboxylic acids is 1. The van der Waals surface area contributed by atoms with E-state index in [1.165, 1.54) is 0 Å². The van der Waals surface area contributed by atoms with Crippen LogP contribution in [-0.4, -0.2) is 98.3 Å². The number of likely N-dealkylation sites (N-methyl/N-ethyl adjacent to an activating group) is 1. The number of halogens is 1. The Labute approximate surface area is 190 Å². The Morgan fingerprint density at radius 2 is 2.07 bits per heavy atom. The molecular weight excluding hydrogens is 487 g/mol. The second kappa shape index (κ2) is 13.8. The minimum absolute atomic E-state index is 0. The summed E-state index contributed by atoms with van der Waals surface area (Å²) in [6.07, 6.45) is 0.903. The van der Waals surface area contributed by atoms with E-state index in [0.29, 0.717) is 0 Å². The van der Waals surface area contributed by atoms with E-state index in [1.807, 2.05) is 19.9 Å². The molecule has 9 nitrogen and oxygen atoms in total. The Morgan fingerprint density at radius 1 is 1.34 bits per heavy atom. The molecule has 0 saturated carbocycles. The molecule has 0 bridgehead atoms. The molecule has 29 heavy (non-hydrogen) atoms. The van der Waals surface area contributed by atoms with Gasteiger partial charge >= 0.3 is 0 Å². The van der Waals surface area contributed by atoms with Crippen molar-refractivity contribution in [2.45, 2.75) is 26.8 Å². The maximum absolute atomic E-state index is 11.9. The molecule has 1 amide bonds. The lowest BCUT2D eigenvalue weighted by molar-refractivity contribution is -0.127. The lowest BCUT2D eigenvalue weighted by Crippen LogP contribution is -2.52. The number of aliphatic imine (C=N–C) groups is 1. The standard InChI is InChI=1S/C19H34N6O3.HI/c1-5-27-12-6-7-20-19(21-14-18(26)23(3)4)25-10-8-24(9-11-25)15-17-13-16(2)28-22-17;/h13H,5-12,14-15H2,1-4H3,(H,20,21);1H. The molecule has 1 aliphatic heterocycles. The zero-order chi connectivity index (χ0) is 20.4. The summed E-state index contributed by atoms with van der Waals surface area (Å²) < 4.78 is 10.5. The van der Waals surface area contributed by atoms with E-state index < -0.39 is 0 Å². The highest BCUT2D eigenvalue weighted by molar-refractivity contribution is 14.0. The Hall–Kier alpha value is -1.40. The van der Waals surface area contributed by atoms with E-state index in [-0.39, 0.29) is 36.4 Å². The molecule has 0 spiro atoms. The molecule has 1 fully saturated rings. The zero-order valence-electron chi connectivity index (χ0n) is 18.0. The number of rotatable bonds is 9. The van der Waals surface area contributed by atoms with Crippen LogP contribution < -0.4 is 5.32 Å². The van der Waals surface area contributed by atoms with Gasteiger partial charge in [-0.2, -0.15) is 0 Å². The van der Waals surface area contributed by atoms with E-state index >= 15 is 0 Å². The number of hydrogen-bond donors (Lipinski definition) is 1. The van der Waals surface area contributed by atoms with Gasteiger partial charge in [0.1, 0.15) is 12.3 Å². The molecule has 0 atom stereocenters. The number of carbonyl (C=O) groups is 1. The molecule has 0 aliphatic carbocycles. The van der Waals surface area contributed by atoms with Gasteiger partial charge in [-0.15, -0.1) is 24.0 Å². The monoisotopic (exact) mass is 522 g/mol. The fourth-order valence-electron chi connectivity index (χ4n) is 2.91. The number of piperazine rings is 1. The minimum Gasteiger partial charge on any atom is -0.382 e. The molecule has 1 aromatic rings. The highest BCUT2D eigenvalue weighted by Crippen LogP contribution is 2.09. The van der Waals surface area contributed by atoms with Gasteiger partial charge in [0.2, 0.25) is 5.91 Å². The summed E-state index contributed by atoms with van der Waals surface area (Å²) in [4.78, 5) is 22.6. The van der Waals surface area contributed by atoms with Crippen LogP contribution >= 0.6 is 24.0 Å². The number of aryl methyl sites for hydroxylation is 1. The third-order valence-corrected chi connectivity index (χ3v) is 4.55. The number of guanidine groups is 1. The summed E-state index contributed by atoms with van der Waals surface area (Å²) in [7, 11) is 3.49. The molecule has 0 radical (unpaired) electrons. The van der Waals surface area contributed by atoms with Crippen molar-refractivity contribution in [2.24, 2.45) is 4.99 Å². The second-order valence-corrected chi connectivity index (χ2v) is 7.10. The Bertz CT molecular complexity index is 629. The summed E-state index contributed by atoms with van der Waals surface area (Å²) in [5, 5.41) is 7.46. The van der Waals surface area contributed by atoms with Gasteiger partial charge in [0.15, 0.2) is 5.96 Å². The van der Waals surface area contributed by atoms with Crippen LogP contribution in [0, 0.1) is 6.92 Å². The van der Waals surface area contributed by atoms with Gasteiger partial charge in [0.25, 0.3) is 0 Å². The maximum atomic E-state index is 11.9. The first-order chi connectivity index (χ1) is 13.5. The van der Waals surface area contributed by atoms with Crippen molar-refractivity contribution < 1.29 is 14.1 Å². The minimum atomic E-state index is -0.00588. The predicted molar refractivity (Wildman–Crippen MR) is 124 cm³/mol. The van der Waals surface area contributed by atoms with E-state index in [2.05, 4.69) is 25.3 Å². The summed E-state index contributed by atoms with van der Waals surface area (Å²) in [5.41, 5.74) is 0.963. The lowest BCUT2D eigenvalue weighted by atomic mass is 10.3. The molecule has 2 rings (SSSR count). The van der Waals surface area contributed by atoms with E-state index in [4.69, 9.17) is 9.26 Å². The average Bonchev–Trinajstić information content (AvgIpc) is 3.09. The first-order valence-corrected chi connectivity index (χ1v) is 9.95. The Balaban J connectivity index is 0.00000420. The van der Waals surface area contributed by atoms with E-state index in [9.17, 15) is 4.79 Å². The van der Waals surface area contributed by atoms with Crippen molar-refractivity contribution >= 4 is 35.8 Å². The van der Waals surface area contributed by atoms with Crippen LogP contribution in [0.3, 0.4) is 0 Å². The fourth-order valence-corrected chi connectivity index (χ4v) is 2.91. The number of nitrogens with zero attached hydrogens (tertiary/aromatic N) is 5. The summed E-state index contributed by atoms with van der Waals surface area (Å²) in [6.45, 7) is 10.6. The normalized spacial score (nSPS) is 15.2. The summed E-state index contributed by atoms with van der Waals surface area (Å²) in [5.74, 6) is 1.63. The third kappa shape index (κ3) is 9.30. The van der Waals surface area contributed by atoms with Crippen LogP contribution in [0.15, 0.2) is 15.6 Å². The molecular formula is C19H35IN6O3. The summed E-state index contributed by atoms with van der Waals surface area (Å²) in [6, 6.07) is 1.98. The average molecular weight is 522 g/mol. The quantitative estimate of drug-likeness (QED) is 0.226. The Kier molecular flexibility index (Phi) is 12.2. The van der Waals surface area contributed by atoms with Gasteiger partial charge in [-0.25, -0.2) is 4.99 Å². The van der Waals surface area contributed by atoms with Crippen LogP contribution in [0.5, 0.6) is 0 Å². The number of nitrogens with one attached hydrogen (secondary N) is 1. The first-order valence-electron chi connectivity index (χ1n) is 9.95. The van der Waals surface area contributed by atoms with E-state index in [1.54, 1.807) is 19.0 Å². The zero-order valence-corrected chi connectivity index (χ0v) is 20.3. The topological polar surface area (TPSA) is 86.4 Å². The lowest BCUT2D eigenvalue weighted by Gasteiger charge is -2.36. The fraction of sp³-hybridized carbons (Fsp3) is 0.737. The largest absolute Gasteiger partial charge is 0.382 e. The maximum Gasteiger partial charge on any atom is 0.243 e. The van der Waals surface area contributed by atoms with Crippen molar-refractivity contribution in [1.82, 2.24) is 25.2 Å². The van der Waals surface area contributed by atoms with Gasteiger partial charge in [-0.3, -0.25) is 9.69 Å². The van der Waals surface area contributed by atoms with Crippen molar-refractivity contribution in [2.75, 3.05) is 66.6 Å². The number of aromatic nitrogens is 1. The Morgan fingerprint density at radius 3 is 2.66 bits per heavy atom. The first kappa shape index (κ1) is 25.6.